The number of rotatable bonds is 2. The standard InChI is InChI=1S/C19H24FN3O4S/c1-19(2,3)27-18(24)22-7-6-16-17(22)14(10-23(16)28(25)26)13-9-21-15-8-11(20)4-5-12(13)15/h4-5,8-9,14,16-17,21,28H,6-7,10H2,1-3H3/t14-,16+,17+/m0/s1. The van der Waals surface area contributed by atoms with E-state index in [9.17, 15) is 17.6 Å². The Morgan fingerprint density at radius 1 is 1.32 bits per heavy atom. The van der Waals surface area contributed by atoms with Crippen molar-refractivity contribution in [1.82, 2.24) is 14.2 Å². The molecule has 2 fully saturated rings. The average molecular weight is 409 g/mol. The number of carbonyl (C=O) groups is 1. The Hall–Kier alpha value is -2.13. The highest BCUT2D eigenvalue weighted by Gasteiger charge is 2.53. The fourth-order valence-electron chi connectivity index (χ4n) is 4.49. The molecule has 2 aliphatic rings. The summed E-state index contributed by atoms with van der Waals surface area (Å²) in [7, 11) is -2.77. The number of ether oxygens (including phenoxy) is 1. The molecule has 7 nitrogen and oxygen atoms in total. The van der Waals surface area contributed by atoms with Crippen LogP contribution in [0.25, 0.3) is 10.9 Å². The summed E-state index contributed by atoms with van der Waals surface area (Å²) in [6.45, 7) is 6.15. The molecule has 2 aromatic rings. The number of carbonyl (C=O) groups excluding carboxylic acids is 1. The van der Waals surface area contributed by atoms with E-state index in [-0.39, 0.29) is 30.4 Å². The van der Waals surface area contributed by atoms with Crippen molar-refractivity contribution in [2.45, 2.75) is 50.8 Å². The Bertz CT molecular complexity index is 989. The van der Waals surface area contributed by atoms with E-state index in [1.54, 1.807) is 37.9 Å². The van der Waals surface area contributed by atoms with Gasteiger partial charge in [0.05, 0.1) is 6.04 Å². The molecule has 0 aliphatic carbocycles. The van der Waals surface area contributed by atoms with E-state index < -0.39 is 22.6 Å². The summed E-state index contributed by atoms with van der Waals surface area (Å²) in [5.41, 5.74) is 0.906. The Morgan fingerprint density at radius 2 is 2.07 bits per heavy atom. The number of benzene rings is 1. The van der Waals surface area contributed by atoms with Crippen LogP contribution in [0.15, 0.2) is 24.4 Å². The smallest absolute Gasteiger partial charge is 0.410 e. The first-order valence-electron chi connectivity index (χ1n) is 9.33. The molecule has 0 bridgehead atoms. The molecule has 0 spiro atoms. The molecule has 1 N–H and O–H groups in total. The second-order valence-corrected chi connectivity index (χ2v) is 9.41. The summed E-state index contributed by atoms with van der Waals surface area (Å²) >= 11 is 0. The maximum absolute atomic E-state index is 13.6. The molecule has 1 aromatic carbocycles. The number of hydrogen-bond donors (Lipinski definition) is 2. The van der Waals surface area contributed by atoms with Gasteiger partial charge in [0.15, 0.2) is 0 Å². The largest absolute Gasteiger partial charge is 0.444 e. The van der Waals surface area contributed by atoms with Gasteiger partial charge in [0.2, 0.25) is 10.9 Å². The molecule has 2 saturated heterocycles. The molecule has 0 radical (unpaired) electrons. The zero-order valence-electron chi connectivity index (χ0n) is 16.0. The number of aromatic nitrogens is 1. The molecule has 4 rings (SSSR count). The second-order valence-electron chi connectivity index (χ2n) is 8.42. The van der Waals surface area contributed by atoms with Crippen LogP contribution in [0.3, 0.4) is 0 Å². The van der Waals surface area contributed by atoms with Crippen molar-refractivity contribution in [2.75, 3.05) is 13.1 Å². The third kappa shape index (κ3) is 3.26. The SMILES string of the molecule is CC(C)(C)OC(=O)N1CC[C@@H]2[C@H]1[C@H](c1c[nH]c3cc(F)ccc13)CN2[SH](=O)=O. The Balaban J connectivity index is 1.73. The van der Waals surface area contributed by atoms with Gasteiger partial charge in [-0.3, -0.25) is 0 Å². The molecule has 28 heavy (non-hydrogen) atoms. The van der Waals surface area contributed by atoms with E-state index in [0.29, 0.717) is 18.5 Å². The first-order valence-corrected chi connectivity index (χ1v) is 10.5. The summed E-state index contributed by atoms with van der Waals surface area (Å²) in [5.74, 6) is -0.558. The Morgan fingerprint density at radius 3 is 2.75 bits per heavy atom. The quantitative estimate of drug-likeness (QED) is 0.747. The van der Waals surface area contributed by atoms with E-state index in [0.717, 1.165) is 10.9 Å². The van der Waals surface area contributed by atoms with E-state index in [2.05, 4.69) is 4.98 Å². The van der Waals surface area contributed by atoms with Crippen molar-refractivity contribution in [2.24, 2.45) is 0 Å². The molecular formula is C19H24FN3O4S. The van der Waals surface area contributed by atoms with Crippen LogP contribution < -0.4 is 0 Å². The summed E-state index contributed by atoms with van der Waals surface area (Å²) in [4.78, 5) is 17.5. The first-order chi connectivity index (χ1) is 13.2. The lowest BCUT2D eigenvalue weighted by Crippen LogP contribution is -2.44. The topological polar surface area (TPSA) is 82.7 Å². The van der Waals surface area contributed by atoms with Crippen molar-refractivity contribution in [3.63, 3.8) is 0 Å². The summed E-state index contributed by atoms with van der Waals surface area (Å²) in [6.07, 6.45) is 1.93. The number of hydrogen-bond acceptors (Lipinski definition) is 4. The van der Waals surface area contributed by atoms with Crippen molar-refractivity contribution in [3.8, 4) is 0 Å². The van der Waals surface area contributed by atoms with Crippen molar-refractivity contribution < 1.29 is 22.3 Å². The Kier molecular flexibility index (Phi) is 4.62. The zero-order chi connectivity index (χ0) is 20.2. The van der Waals surface area contributed by atoms with E-state index in [1.165, 1.54) is 16.4 Å². The third-order valence-corrected chi connectivity index (χ3v) is 6.39. The number of fused-ring (bicyclic) bond motifs is 2. The predicted octanol–water partition coefficient (Wildman–Crippen LogP) is 2.61. The van der Waals surface area contributed by atoms with Gasteiger partial charge < -0.3 is 14.6 Å². The number of likely N-dealkylation sites (tertiary alicyclic amines) is 1. The number of nitrogens with zero attached hydrogens (tertiary/aromatic N) is 2. The average Bonchev–Trinajstić information content (AvgIpc) is 3.25. The van der Waals surface area contributed by atoms with E-state index in [4.69, 9.17) is 4.74 Å². The van der Waals surface area contributed by atoms with Crippen molar-refractivity contribution in [3.05, 3.63) is 35.8 Å². The van der Waals surface area contributed by atoms with Gasteiger partial charge in [-0.05, 0) is 51.0 Å². The highest BCUT2D eigenvalue weighted by molar-refractivity contribution is 7.69. The van der Waals surface area contributed by atoms with Gasteiger partial charge in [0, 0.05) is 42.1 Å². The molecule has 1 aromatic heterocycles. The monoisotopic (exact) mass is 409 g/mol. The summed E-state index contributed by atoms with van der Waals surface area (Å²) in [6, 6.07) is 3.91. The van der Waals surface area contributed by atoms with Gasteiger partial charge in [-0.15, -0.1) is 0 Å². The maximum Gasteiger partial charge on any atom is 0.410 e. The van der Waals surface area contributed by atoms with Crippen LogP contribution in [0, 0.1) is 5.82 Å². The van der Waals surface area contributed by atoms with Gasteiger partial charge in [0.1, 0.15) is 11.4 Å². The van der Waals surface area contributed by atoms with Gasteiger partial charge in [-0.25, -0.2) is 17.6 Å². The maximum atomic E-state index is 13.6. The number of H-pyrrole nitrogens is 1. The predicted molar refractivity (Wildman–Crippen MR) is 103 cm³/mol. The van der Waals surface area contributed by atoms with Crippen LogP contribution in [-0.2, 0) is 15.6 Å². The van der Waals surface area contributed by atoms with Gasteiger partial charge >= 0.3 is 6.09 Å². The molecule has 1 amide bonds. The third-order valence-electron chi connectivity index (χ3n) is 5.51. The van der Waals surface area contributed by atoms with Gasteiger partial charge in [-0.1, -0.05) is 0 Å². The fraction of sp³-hybridized carbons (Fsp3) is 0.526. The second kappa shape index (κ2) is 6.73. The highest BCUT2D eigenvalue weighted by Crippen LogP contribution is 2.43. The molecule has 0 saturated carbocycles. The van der Waals surface area contributed by atoms with E-state index in [1.807, 2.05) is 0 Å². The van der Waals surface area contributed by atoms with E-state index >= 15 is 0 Å². The summed E-state index contributed by atoms with van der Waals surface area (Å²) < 4.78 is 44.3. The van der Waals surface area contributed by atoms with Crippen LogP contribution in [0.4, 0.5) is 9.18 Å². The molecule has 9 heteroatoms. The van der Waals surface area contributed by atoms with Crippen LogP contribution in [0.1, 0.15) is 38.7 Å². The molecule has 0 unspecified atom stereocenters. The van der Waals surface area contributed by atoms with Crippen molar-refractivity contribution in [1.29, 1.82) is 0 Å². The highest BCUT2D eigenvalue weighted by atomic mass is 32.2. The minimum absolute atomic E-state index is 0.216. The number of nitrogens with one attached hydrogen (secondary N) is 1. The zero-order valence-corrected chi connectivity index (χ0v) is 16.9. The molecule has 3 heterocycles. The van der Waals surface area contributed by atoms with Crippen LogP contribution in [-0.4, -0.2) is 59.5 Å². The number of halogens is 1. The Labute approximate surface area is 164 Å². The first kappa shape index (κ1) is 19.2. The normalized spacial score (nSPS) is 25.6. The molecular weight excluding hydrogens is 385 g/mol. The van der Waals surface area contributed by atoms with Gasteiger partial charge in [-0.2, -0.15) is 4.31 Å². The molecule has 152 valence electrons. The lowest BCUT2D eigenvalue weighted by molar-refractivity contribution is 0.0213. The molecule has 3 atom stereocenters. The fourth-order valence-corrected chi connectivity index (χ4v) is 5.29. The minimum Gasteiger partial charge on any atom is -0.444 e. The molecule has 2 aliphatic heterocycles. The number of thiol groups is 1. The minimum atomic E-state index is -2.77. The van der Waals surface area contributed by atoms with Gasteiger partial charge in [0.25, 0.3) is 0 Å². The summed E-state index contributed by atoms with van der Waals surface area (Å²) in [5, 5.41) is 0.837. The van der Waals surface area contributed by atoms with Crippen molar-refractivity contribution >= 4 is 27.9 Å². The number of amides is 1. The number of aromatic amines is 1. The van der Waals surface area contributed by atoms with Crippen LogP contribution >= 0.6 is 0 Å². The van der Waals surface area contributed by atoms with Crippen LogP contribution in [0.5, 0.6) is 0 Å². The van der Waals surface area contributed by atoms with Crippen LogP contribution in [0.2, 0.25) is 0 Å². The lowest BCUT2D eigenvalue weighted by Gasteiger charge is -2.31. The lowest BCUT2D eigenvalue weighted by atomic mass is 9.91.